The lowest BCUT2D eigenvalue weighted by molar-refractivity contribution is -0.129. The van der Waals surface area contributed by atoms with Crippen molar-refractivity contribution >= 4 is 18.3 Å². The SMILES string of the molecule is CNCC(=O)N1CCC(c2ccccc2)C1.Cl. The number of rotatable bonds is 3. The van der Waals surface area contributed by atoms with Crippen molar-refractivity contribution in [1.29, 1.82) is 0 Å². The zero-order valence-electron chi connectivity index (χ0n) is 10.1. The van der Waals surface area contributed by atoms with Gasteiger partial charge in [-0.2, -0.15) is 0 Å². The van der Waals surface area contributed by atoms with Crippen LogP contribution in [0.2, 0.25) is 0 Å². The minimum absolute atomic E-state index is 0. The quantitative estimate of drug-likeness (QED) is 0.890. The van der Waals surface area contributed by atoms with Crippen molar-refractivity contribution < 1.29 is 4.79 Å². The molecule has 1 fully saturated rings. The highest BCUT2D eigenvalue weighted by Gasteiger charge is 2.26. The van der Waals surface area contributed by atoms with Gasteiger partial charge in [-0.1, -0.05) is 30.3 Å². The second-order valence-corrected chi connectivity index (χ2v) is 4.27. The van der Waals surface area contributed by atoms with Gasteiger partial charge in [-0.25, -0.2) is 0 Å². The number of likely N-dealkylation sites (N-methyl/N-ethyl adjacent to an activating group) is 1. The first-order valence-corrected chi connectivity index (χ1v) is 5.78. The maximum absolute atomic E-state index is 11.7. The average Bonchev–Trinajstić information content (AvgIpc) is 2.80. The summed E-state index contributed by atoms with van der Waals surface area (Å²) >= 11 is 0. The molecule has 1 unspecified atom stereocenters. The van der Waals surface area contributed by atoms with Gasteiger partial charge in [-0.15, -0.1) is 12.4 Å². The molecular weight excluding hydrogens is 236 g/mol. The molecule has 1 atom stereocenters. The van der Waals surface area contributed by atoms with Gasteiger partial charge in [0, 0.05) is 19.0 Å². The van der Waals surface area contributed by atoms with E-state index in [1.165, 1.54) is 5.56 Å². The molecule has 1 aliphatic heterocycles. The summed E-state index contributed by atoms with van der Waals surface area (Å²) in [6, 6.07) is 10.5. The monoisotopic (exact) mass is 254 g/mol. The van der Waals surface area contributed by atoms with Crippen molar-refractivity contribution in [2.24, 2.45) is 0 Å². The molecule has 1 aliphatic rings. The lowest BCUT2D eigenvalue weighted by atomic mass is 9.99. The molecule has 0 aliphatic carbocycles. The van der Waals surface area contributed by atoms with Crippen LogP contribution in [0.3, 0.4) is 0 Å². The zero-order chi connectivity index (χ0) is 11.4. The highest BCUT2D eigenvalue weighted by molar-refractivity contribution is 5.85. The van der Waals surface area contributed by atoms with Gasteiger partial charge in [-0.3, -0.25) is 4.79 Å². The summed E-state index contributed by atoms with van der Waals surface area (Å²) in [4.78, 5) is 13.6. The topological polar surface area (TPSA) is 32.3 Å². The van der Waals surface area contributed by atoms with Gasteiger partial charge in [0.2, 0.25) is 5.91 Å². The third-order valence-electron chi connectivity index (χ3n) is 3.14. The van der Waals surface area contributed by atoms with Crippen molar-refractivity contribution in [3.63, 3.8) is 0 Å². The smallest absolute Gasteiger partial charge is 0.236 e. The number of amides is 1. The Morgan fingerprint density at radius 2 is 2.12 bits per heavy atom. The Hall–Kier alpha value is -1.06. The molecule has 1 saturated heterocycles. The number of hydrogen-bond acceptors (Lipinski definition) is 2. The second kappa shape index (κ2) is 6.62. The Bertz CT molecular complexity index is 356. The fourth-order valence-corrected chi connectivity index (χ4v) is 2.25. The molecule has 2 rings (SSSR count). The van der Waals surface area contributed by atoms with Crippen LogP contribution in [0.5, 0.6) is 0 Å². The minimum Gasteiger partial charge on any atom is -0.341 e. The third kappa shape index (κ3) is 3.45. The lowest BCUT2D eigenvalue weighted by Gasteiger charge is -2.16. The highest BCUT2D eigenvalue weighted by Crippen LogP contribution is 2.26. The maximum atomic E-state index is 11.7. The Morgan fingerprint density at radius 3 is 2.76 bits per heavy atom. The van der Waals surface area contributed by atoms with Crippen molar-refractivity contribution in [3.8, 4) is 0 Å². The first kappa shape index (κ1) is 14.0. The van der Waals surface area contributed by atoms with E-state index in [9.17, 15) is 4.79 Å². The number of benzene rings is 1. The molecule has 1 heterocycles. The number of hydrogen-bond donors (Lipinski definition) is 1. The van der Waals surface area contributed by atoms with Crippen molar-refractivity contribution in [2.75, 3.05) is 26.7 Å². The molecule has 1 aromatic carbocycles. The first-order chi connectivity index (χ1) is 7.81. The minimum atomic E-state index is 0. The summed E-state index contributed by atoms with van der Waals surface area (Å²) in [5.74, 6) is 0.725. The number of carbonyl (C=O) groups is 1. The first-order valence-electron chi connectivity index (χ1n) is 5.78. The molecule has 94 valence electrons. The average molecular weight is 255 g/mol. The van der Waals surface area contributed by atoms with E-state index in [4.69, 9.17) is 0 Å². The van der Waals surface area contributed by atoms with Gasteiger partial charge in [0.15, 0.2) is 0 Å². The van der Waals surface area contributed by atoms with E-state index in [1.54, 1.807) is 0 Å². The molecule has 3 nitrogen and oxygen atoms in total. The highest BCUT2D eigenvalue weighted by atomic mass is 35.5. The predicted octanol–water partition coefficient (Wildman–Crippen LogP) is 1.64. The molecule has 4 heteroatoms. The van der Waals surface area contributed by atoms with E-state index in [0.29, 0.717) is 12.5 Å². The van der Waals surface area contributed by atoms with Crippen LogP contribution in [0.4, 0.5) is 0 Å². The molecular formula is C13H19ClN2O. The van der Waals surface area contributed by atoms with E-state index in [0.717, 1.165) is 19.5 Å². The van der Waals surface area contributed by atoms with Crippen molar-refractivity contribution in [3.05, 3.63) is 35.9 Å². The number of nitrogens with zero attached hydrogens (tertiary/aromatic N) is 1. The van der Waals surface area contributed by atoms with Crippen LogP contribution < -0.4 is 5.32 Å². The van der Waals surface area contributed by atoms with Gasteiger partial charge in [0.25, 0.3) is 0 Å². The number of halogens is 1. The van der Waals surface area contributed by atoms with Crippen LogP contribution in [0, 0.1) is 0 Å². The summed E-state index contributed by atoms with van der Waals surface area (Å²) in [6.07, 6.45) is 1.08. The second-order valence-electron chi connectivity index (χ2n) is 4.27. The van der Waals surface area contributed by atoms with Gasteiger partial charge >= 0.3 is 0 Å². The van der Waals surface area contributed by atoms with Crippen LogP contribution in [-0.2, 0) is 4.79 Å². The largest absolute Gasteiger partial charge is 0.341 e. The van der Waals surface area contributed by atoms with Crippen LogP contribution >= 0.6 is 12.4 Å². The lowest BCUT2D eigenvalue weighted by Crippen LogP contribution is -2.35. The predicted molar refractivity (Wildman–Crippen MR) is 71.6 cm³/mol. The van der Waals surface area contributed by atoms with E-state index in [1.807, 2.05) is 18.0 Å². The number of likely N-dealkylation sites (tertiary alicyclic amines) is 1. The Kier molecular flexibility index (Phi) is 5.45. The number of nitrogens with one attached hydrogen (secondary N) is 1. The van der Waals surface area contributed by atoms with Gasteiger partial charge in [0.1, 0.15) is 0 Å². The molecule has 0 spiro atoms. The summed E-state index contributed by atoms with van der Waals surface area (Å²) in [5.41, 5.74) is 1.35. The normalized spacial score (nSPS) is 18.9. The van der Waals surface area contributed by atoms with E-state index in [2.05, 4.69) is 29.6 Å². The fourth-order valence-electron chi connectivity index (χ4n) is 2.25. The number of carbonyl (C=O) groups excluding carboxylic acids is 1. The molecule has 1 amide bonds. The van der Waals surface area contributed by atoms with Crippen LogP contribution in [-0.4, -0.2) is 37.5 Å². The van der Waals surface area contributed by atoms with Gasteiger partial charge in [0.05, 0.1) is 6.54 Å². The summed E-state index contributed by atoms with van der Waals surface area (Å²) in [7, 11) is 1.81. The summed E-state index contributed by atoms with van der Waals surface area (Å²) in [5, 5.41) is 2.91. The summed E-state index contributed by atoms with van der Waals surface area (Å²) in [6.45, 7) is 2.20. The Morgan fingerprint density at radius 1 is 1.41 bits per heavy atom. The van der Waals surface area contributed by atoms with Gasteiger partial charge in [-0.05, 0) is 19.0 Å². The van der Waals surface area contributed by atoms with Crippen LogP contribution in [0.25, 0.3) is 0 Å². The van der Waals surface area contributed by atoms with E-state index in [-0.39, 0.29) is 18.3 Å². The van der Waals surface area contributed by atoms with E-state index >= 15 is 0 Å². The van der Waals surface area contributed by atoms with Gasteiger partial charge < -0.3 is 10.2 Å². The molecule has 1 aromatic rings. The standard InChI is InChI=1S/C13H18N2O.ClH/c1-14-9-13(16)15-8-7-12(10-15)11-5-3-2-4-6-11;/h2-6,12,14H,7-10H2,1H3;1H. The maximum Gasteiger partial charge on any atom is 0.236 e. The van der Waals surface area contributed by atoms with E-state index < -0.39 is 0 Å². The molecule has 0 radical (unpaired) electrons. The molecule has 0 aromatic heterocycles. The van der Waals surface area contributed by atoms with Crippen molar-refractivity contribution in [1.82, 2.24) is 10.2 Å². The molecule has 1 N–H and O–H groups in total. The molecule has 0 bridgehead atoms. The Labute approximate surface area is 109 Å². The third-order valence-corrected chi connectivity index (χ3v) is 3.14. The summed E-state index contributed by atoms with van der Waals surface area (Å²) < 4.78 is 0. The molecule has 17 heavy (non-hydrogen) atoms. The zero-order valence-corrected chi connectivity index (χ0v) is 10.9. The van der Waals surface area contributed by atoms with Crippen LogP contribution in [0.1, 0.15) is 17.9 Å². The molecule has 0 saturated carbocycles. The van der Waals surface area contributed by atoms with Crippen molar-refractivity contribution in [2.45, 2.75) is 12.3 Å². The van der Waals surface area contributed by atoms with Crippen LogP contribution in [0.15, 0.2) is 30.3 Å². The Balaban J connectivity index is 0.00000144. The fraction of sp³-hybridized carbons (Fsp3) is 0.462.